The molecule has 1 rings (SSSR count). The molecule has 3 nitrogen and oxygen atoms in total. The average Bonchev–Trinajstić information content (AvgIpc) is 2.15. The van der Waals surface area contributed by atoms with E-state index in [2.05, 4.69) is 10.3 Å². The lowest BCUT2D eigenvalue weighted by molar-refractivity contribution is 0.101. The van der Waals surface area contributed by atoms with E-state index in [1.54, 1.807) is 32.4 Å². The van der Waals surface area contributed by atoms with Gasteiger partial charge in [-0.05, 0) is 31.2 Å². The Balaban J connectivity index is 2.75. The van der Waals surface area contributed by atoms with Gasteiger partial charge in [0.15, 0.2) is 5.78 Å². The van der Waals surface area contributed by atoms with Crippen LogP contribution in [0.2, 0.25) is 0 Å². The van der Waals surface area contributed by atoms with Crippen LogP contribution in [0.25, 0.3) is 0 Å². The second-order valence-corrected chi connectivity index (χ2v) is 2.67. The average molecular weight is 176 g/mol. The third kappa shape index (κ3) is 2.71. The van der Waals surface area contributed by atoms with Crippen molar-refractivity contribution in [3.63, 3.8) is 0 Å². The summed E-state index contributed by atoms with van der Waals surface area (Å²) in [6.07, 6.45) is 1.60. The maximum atomic E-state index is 10.9. The number of rotatable bonds is 3. The van der Waals surface area contributed by atoms with Gasteiger partial charge in [0.1, 0.15) is 0 Å². The number of hydrogen-bond donors (Lipinski definition) is 1. The molecule has 3 heteroatoms. The Morgan fingerprint density at radius 3 is 2.46 bits per heavy atom. The molecule has 1 aromatic rings. The van der Waals surface area contributed by atoms with Crippen LogP contribution in [-0.2, 0) is 0 Å². The van der Waals surface area contributed by atoms with Gasteiger partial charge in [0.25, 0.3) is 0 Å². The molecular formula is C10H12N2O. The zero-order valence-corrected chi connectivity index (χ0v) is 7.74. The fraction of sp³-hybridized carbons (Fsp3) is 0.200. The Labute approximate surface area is 77.5 Å². The highest BCUT2D eigenvalue weighted by Crippen LogP contribution is 2.08. The fourth-order valence-corrected chi connectivity index (χ4v) is 0.940. The highest BCUT2D eigenvalue weighted by atomic mass is 16.1. The minimum Gasteiger partial charge on any atom is -0.347 e. The monoisotopic (exact) mass is 176 g/mol. The molecule has 0 radical (unpaired) electrons. The topological polar surface area (TPSA) is 41.5 Å². The summed E-state index contributed by atoms with van der Waals surface area (Å²) in [5, 5.41) is 2.96. The molecule has 0 bridgehead atoms. The van der Waals surface area contributed by atoms with E-state index in [1.165, 1.54) is 0 Å². The molecule has 1 aromatic carbocycles. The largest absolute Gasteiger partial charge is 0.347 e. The van der Waals surface area contributed by atoms with Crippen LogP contribution in [-0.4, -0.2) is 19.2 Å². The molecule has 1 N–H and O–H groups in total. The summed E-state index contributed by atoms with van der Waals surface area (Å²) in [6, 6.07) is 7.26. The fourth-order valence-electron chi connectivity index (χ4n) is 0.940. The highest BCUT2D eigenvalue weighted by molar-refractivity contribution is 5.94. The van der Waals surface area contributed by atoms with Crippen LogP contribution in [0, 0.1) is 0 Å². The van der Waals surface area contributed by atoms with Gasteiger partial charge in [0.05, 0.1) is 6.34 Å². The lowest BCUT2D eigenvalue weighted by Crippen LogP contribution is -1.96. The van der Waals surface area contributed by atoms with Gasteiger partial charge in [-0.1, -0.05) is 0 Å². The van der Waals surface area contributed by atoms with Crippen molar-refractivity contribution >= 4 is 17.8 Å². The number of hydrogen-bond acceptors (Lipinski definition) is 2. The third-order valence-electron chi connectivity index (χ3n) is 1.65. The molecule has 0 atom stereocenters. The number of anilines is 1. The van der Waals surface area contributed by atoms with E-state index in [9.17, 15) is 4.79 Å². The van der Waals surface area contributed by atoms with Crippen molar-refractivity contribution < 1.29 is 4.79 Å². The molecule has 0 aliphatic carbocycles. The SMILES string of the molecule is CN=CNc1ccc(C(C)=O)cc1. The molecule has 0 aliphatic heterocycles. The molecule has 0 fully saturated rings. The Bertz CT molecular complexity index is 314. The van der Waals surface area contributed by atoms with Crippen LogP contribution in [0.3, 0.4) is 0 Å². The highest BCUT2D eigenvalue weighted by Gasteiger charge is 1.96. The lowest BCUT2D eigenvalue weighted by atomic mass is 10.1. The smallest absolute Gasteiger partial charge is 0.159 e. The zero-order chi connectivity index (χ0) is 9.68. The first-order valence-electron chi connectivity index (χ1n) is 4.02. The molecule has 13 heavy (non-hydrogen) atoms. The summed E-state index contributed by atoms with van der Waals surface area (Å²) < 4.78 is 0. The van der Waals surface area contributed by atoms with Gasteiger partial charge in [-0.2, -0.15) is 0 Å². The Hall–Kier alpha value is -1.64. The van der Waals surface area contributed by atoms with Crippen molar-refractivity contribution in [3.8, 4) is 0 Å². The summed E-state index contributed by atoms with van der Waals surface area (Å²) in [7, 11) is 1.69. The lowest BCUT2D eigenvalue weighted by Gasteiger charge is -2.00. The van der Waals surface area contributed by atoms with E-state index in [1.807, 2.05) is 12.1 Å². The molecule has 0 saturated heterocycles. The minimum absolute atomic E-state index is 0.0794. The van der Waals surface area contributed by atoms with Crippen molar-refractivity contribution in [1.82, 2.24) is 0 Å². The number of carbonyl (C=O) groups excluding carboxylic acids is 1. The number of nitrogens with zero attached hydrogens (tertiary/aromatic N) is 1. The van der Waals surface area contributed by atoms with Crippen molar-refractivity contribution in [2.45, 2.75) is 6.92 Å². The first kappa shape index (κ1) is 9.45. The summed E-state index contributed by atoms with van der Waals surface area (Å²) in [5.41, 5.74) is 1.65. The molecule has 0 unspecified atom stereocenters. The molecule has 0 spiro atoms. The molecule has 0 aliphatic rings. The Kier molecular flexibility index (Phi) is 3.20. The van der Waals surface area contributed by atoms with Gasteiger partial charge in [0.2, 0.25) is 0 Å². The van der Waals surface area contributed by atoms with Gasteiger partial charge in [-0.3, -0.25) is 9.79 Å². The van der Waals surface area contributed by atoms with Gasteiger partial charge in [-0.15, -0.1) is 0 Å². The first-order chi connectivity index (χ1) is 6.24. The number of carbonyl (C=O) groups is 1. The van der Waals surface area contributed by atoms with Gasteiger partial charge >= 0.3 is 0 Å². The van der Waals surface area contributed by atoms with E-state index in [-0.39, 0.29) is 5.78 Å². The summed E-state index contributed by atoms with van der Waals surface area (Å²) in [4.78, 5) is 14.7. The number of nitrogens with one attached hydrogen (secondary N) is 1. The van der Waals surface area contributed by atoms with Crippen LogP contribution < -0.4 is 5.32 Å². The van der Waals surface area contributed by atoms with Crippen LogP contribution in [0.1, 0.15) is 17.3 Å². The first-order valence-corrected chi connectivity index (χ1v) is 4.02. The third-order valence-corrected chi connectivity index (χ3v) is 1.65. The standard InChI is InChI=1S/C10H12N2O/c1-8(13)9-3-5-10(6-4-9)12-7-11-2/h3-7H,1-2H3,(H,11,12). The second-order valence-electron chi connectivity index (χ2n) is 2.67. The summed E-state index contributed by atoms with van der Waals surface area (Å²) in [5.74, 6) is 0.0794. The summed E-state index contributed by atoms with van der Waals surface area (Å²) >= 11 is 0. The van der Waals surface area contributed by atoms with E-state index in [4.69, 9.17) is 0 Å². The second kappa shape index (κ2) is 4.40. The molecule has 0 heterocycles. The van der Waals surface area contributed by atoms with Crippen LogP contribution in [0.4, 0.5) is 5.69 Å². The molecular weight excluding hydrogens is 164 g/mol. The van der Waals surface area contributed by atoms with E-state index in [0.717, 1.165) is 11.3 Å². The molecule has 0 aromatic heterocycles. The van der Waals surface area contributed by atoms with Crippen molar-refractivity contribution in [3.05, 3.63) is 29.8 Å². The predicted octanol–water partition coefficient (Wildman–Crippen LogP) is 1.96. The van der Waals surface area contributed by atoms with E-state index < -0.39 is 0 Å². The number of ketones is 1. The van der Waals surface area contributed by atoms with Crippen molar-refractivity contribution in [1.29, 1.82) is 0 Å². The normalized spacial score (nSPS) is 10.3. The van der Waals surface area contributed by atoms with Crippen molar-refractivity contribution in [2.75, 3.05) is 12.4 Å². The Morgan fingerprint density at radius 2 is 2.00 bits per heavy atom. The van der Waals surface area contributed by atoms with Gasteiger partial charge in [0, 0.05) is 18.3 Å². The maximum absolute atomic E-state index is 10.9. The van der Waals surface area contributed by atoms with Gasteiger partial charge < -0.3 is 5.32 Å². The predicted molar refractivity (Wildman–Crippen MR) is 54.5 cm³/mol. The summed E-state index contributed by atoms with van der Waals surface area (Å²) in [6.45, 7) is 1.55. The molecule has 68 valence electrons. The quantitative estimate of drug-likeness (QED) is 0.434. The van der Waals surface area contributed by atoms with Crippen LogP contribution in [0.15, 0.2) is 29.3 Å². The molecule has 0 saturated carbocycles. The Morgan fingerprint density at radius 1 is 1.38 bits per heavy atom. The van der Waals surface area contributed by atoms with Crippen LogP contribution >= 0.6 is 0 Å². The number of benzene rings is 1. The van der Waals surface area contributed by atoms with Crippen molar-refractivity contribution in [2.24, 2.45) is 4.99 Å². The zero-order valence-electron chi connectivity index (χ0n) is 7.74. The van der Waals surface area contributed by atoms with E-state index in [0.29, 0.717) is 0 Å². The number of aliphatic imine (C=N–C) groups is 1. The maximum Gasteiger partial charge on any atom is 0.159 e. The molecule has 0 amide bonds. The minimum atomic E-state index is 0.0794. The van der Waals surface area contributed by atoms with Crippen LogP contribution in [0.5, 0.6) is 0 Å². The van der Waals surface area contributed by atoms with Gasteiger partial charge in [-0.25, -0.2) is 0 Å². The van der Waals surface area contributed by atoms with E-state index >= 15 is 0 Å². The number of Topliss-reactive ketones (excluding diaryl/α,β-unsaturated/α-hetero) is 1.